The lowest BCUT2D eigenvalue weighted by molar-refractivity contribution is 0.175. The SMILES string of the molecule is COc1ccc(CC(O)Cc2nccs2)cn1. The molecule has 0 spiro atoms. The Kier molecular flexibility index (Phi) is 4.06. The quantitative estimate of drug-likeness (QED) is 0.877. The number of ether oxygens (including phenoxy) is 1. The van der Waals surface area contributed by atoms with E-state index in [0.29, 0.717) is 18.7 Å². The van der Waals surface area contributed by atoms with Gasteiger partial charge in [0.15, 0.2) is 0 Å². The molecule has 1 unspecified atom stereocenters. The molecule has 0 saturated heterocycles. The average molecular weight is 250 g/mol. The molecule has 5 heteroatoms. The number of methoxy groups -OCH3 is 1. The highest BCUT2D eigenvalue weighted by Crippen LogP contribution is 2.12. The predicted octanol–water partition coefficient (Wildman–Crippen LogP) is 1.69. The number of aromatic nitrogens is 2. The fourth-order valence-electron chi connectivity index (χ4n) is 1.55. The van der Waals surface area contributed by atoms with Crippen molar-refractivity contribution in [2.45, 2.75) is 18.9 Å². The van der Waals surface area contributed by atoms with Gasteiger partial charge in [-0.25, -0.2) is 9.97 Å². The Morgan fingerprint density at radius 1 is 1.35 bits per heavy atom. The van der Waals surface area contributed by atoms with Crippen molar-refractivity contribution in [3.05, 3.63) is 40.5 Å². The lowest BCUT2D eigenvalue weighted by Gasteiger charge is -2.08. The summed E-state index contributed by atoms with van der Waals surface area (Å²) in [5.41, 5.74) is 0.995. The number of aliphatic hydroxyl groups is 1. The number of pyridine rings is 1. The van der Waals surface area contributed by atoms with Crippen molar-refractivity contribution in [3.8, 4) is 5.88 Å². The summed E-state index contributed by atoms with van der Waals surface area (Å²) >= 11 is 1.56. The molecule has 0 aliphatic carbocycles. The van der Waals surface area contributed by atoms with E-state index in [1.54, 1.807) is 36.9 Å². The van der Waals surface area contributed by atoms with Crippen molar-refractivity contribution >= 4 is 11.3 Å². The molecule has 4 nitrogen and oxygen atoms in total. The molecule has 17 heavy (non-hydrogen) atoms. The minimum Gasteiger partial charge on any atom is -0.481 e. The molecule has 0 bridgehead atoms. The highest BCUT2D eigenvalue weighted by Gasteiger charge is 2.09. The Morgan fingerprint density at radius 2 is 2.24 bits per heavy atom. The highest BCUT2D eigenvalue weighted by atomic mass is 32.1. The first kappa shape index (κ1) is 12.0. The van der Waals surface area contributed by atoms with Crippen molar-refractivity contribution in [2.24, 2.45) is 0 Å². The van der Waals surface area contributed by atoms with Crippen molar-refractivity contribution in [1.82, 2.24) is 9.97 Å². The van der Waals surface area contributed by atoms with Crippen molar-refractivity contribution in [2.75, 3.05) is 7.11 Å². The van der Waals surface area contributed by atoms with Crippen LogP contribution in [0.4, 0.5) is 0 Å². The van der Waals surface area contributed by atoms with Crippen molar-refractivity contribution in [3.63, 3.8) is 0 Å². The molecule has 1 atom stereocenters. The third-order valence-electron chi connectivity index (χ3n) is 2.37. The Morgan fingerprint density at radius 3 is 2.82 bits per heavy atom. The summed E-state index contributed by atoms with van der Waals surface area (Å²) in [6, 6.07) is 3.71. The van der Waals surface area contributed by atoms with Crippen LogP contribution in [0.2, 0.25) is 0 Å². The highest BCUT2D eigenvalue weighted by molar-refractivity contribution is 7.09. The maximum Gasteiger partial charge on any atom is 0.212 e. The van der Waals surface area contributed by atoms with Crippen LogP contribution in [0.15, 0.2) is 29.9 Å². The summed E-state index contributed by atoms with van der Waals surface area (Å²) < 4.78 is 4.98. The fraction of sp³-hybridized carbons (Fsp3) is 0.333. The topological polar surface area (TPSA) is 55.2 Å². The third-order valence-corrected chi connectivity index (χ3v) is 3.17. The summed E-state index contributed by atoms with van der Waals surface area (Å²) in [6.07, 6.45) is 4.22. The Labute approximate surface area is 104 Å². The molecule has 0 amide bonds. The van der Waals surface area contributed by atoms with Crippen LogP contribution < -0.4 is 4.74 Å². The van der Waals surface area contributed by atoms with Crippen LogP contribution in [0, 0.1) is 0 Å². The van der Waals surface area contributed by atoms with E-state index in [1.807, 2.05) is 11.4 Å². The lowest BCUT2D eigenvalue weighted by atomic mass is 10.1. The molecule has 0 aliphatic rings. The van der Waals surface area contributed by atoms with Crippen molar-refractivity contribution < 1.29 is 9.84 Å². The minimum atomic E-state index is -0.420. The van der Waals surface area contributed by atoms with E-state index in [4.69, 9.17) is 4.74 Å². The fourth-order valence-corrected chi connectivity index (χ4v) is 2.24. The normalized spacial score (nSPS) is 12.4. The van der Waals surface area contributed by atoms with Crippen LogP contribution >= 0.6 is 11.3 Å². The van der Waals surface area contributed by atoms with Gasteiger partial charge < -0.3 is 9.84 Å². The van der Waals surface area contributed by atoms with E-state index in [0.717, 1.165) is 10.6 Å². The second-order valence-electron chi connectivity index (χ2n) is 3.70. The molecular formula is C12H14N2O2S. The number of nitrogens with zero attached hydrogens (tertiary/aromatic N) is 2. The molecule has 2 aromatic rings. The van der Waals surface area contributed by atoms with E-state index in [2.05, 4.69) is 9.97 Å². The maximum atomic E-state index is 9.91. The van der Waals surface area contributed by atoms with Crippen LogP contribution in [-0.2, 0) is 12.8 Å². The molecule has 0 aromatic carbocycles. The monoisotopic (exact) mass is 250 g/mol. The first-order chi connectivity index (χ1) is 8.28. The van der Waals surface area contributed by atoms with Crippen LogP contribution in [0.3, 0.4) is 0 Å². The van der Waals surface area contributed by atoms with Crippen LogP contribution in [0.1, 0.15) is 10.6 Å². The second kappa shape index (κ2) is 5.75. The second-order valence-corrected chi connectivity index (χ2v) is 4.68. The number of thiazole rings is 1. The van der Waals surface area contributed by atoms with Gasteiger partial charge >= 0.3 is 0 Å². The van der Waals surface area contributed by atoms with Gasteiger partial charge in [0.1, 0.15) is 0 Å². The van der Waals surface area contributed by atoms with E-state index < -0.39 is 6.10 Å². The van der Waals surface area contributed by atoms with Gasteiger partial charge in [-0.1, -0.05) is 6.07 Å². The van der Waals surface area contributed by atoms with Gasteiger partial charge in [0, 0.05) is 36.7 Å². The van der Waals surface area contributed by atoms with E-state index in [1.165, 1.54) is 0 Å². The molecule has 2 heterocycles. The number of hydrogen-bond acceptors (Lipinski definition) is 5. The van der Waals surface area contributed by atoms with Crippen molar-refractivity contribution in [1.29, 1.82) is 0 Å². The summed E-state index contributed by atoms with van der Waals surface area (Å²) in [5, 5.41) is 12.8. The van der Waals surface area contributed by atoms with E-state index in [-0.39, 0.29) is 0 Å². The van der Waals surface area contributed by atoms with E-state index >= 15 is 0 Å². The summed E-state index contributed by atoms with van der Waals surface area (Å²) in [6.45, 7) is 0. The molecule has 90 valence electrons. The molecule has 0 fully saturated rings. The zero-order valence-corrected chi connectivity index (χ0v) is 10.4. The standard InChI is InChI=1S/C12H14N2O2S/c1-16-11-3-2-9(8-14-11)6-10(15)7-12-13-4-5-17-12/h2-5,8,10,15H,6-7H2,1H3. The molecule has 0 radical (unpaired) electrons. The molecular weight excluding hydrogens is 236 g/mol. The number of hydrogen-bond donors (Lipinski definition) is 1. The van der Waals surface area contributed by atoms with Crippen LogP contribution in [-0.4, -0.2) is 28.3 Å². The lowest BCUT2D eigenvalue weighted by Crippen LogP contribution is -2.13. The third kappa shape index (κ3) is 3.51. The Bertz CT molecular complexity index is 442. The minimum absolute atomic E-state index is 0.420. The van der Waals surface area contributed by atoms with Gasteiger partial charge in [0.2, 0.25) is 5.88 Å². The largest absolute Gasteiger partial charge is 0.481 e. The van der Waals surface area contributed by atoms with Gasteiger partial charge in [-0.15, -0.1) is 11.3 Å². The molecule has 1 N–H and O–H groups in total. The predicted molar refractivity (Wildman–Crippen MR) is 66.3 cm³/mol. The van der Waals surface area contributed by atoms with Gasteiger partial charge in [-0.2, -0.15) is 0 Å². The maximum absolute atomic E-state index is 9.91. The molecule has 2 aromatic heterocycles. The Balaban J connectivity index is 1.91. The smallest absolute Gasteiger partial charge is 0.212 e. The zero-order chi connectivity index (χ0) is 12.1. The Hall–Kier alpha value is -1.46. The summed E-state index contributed by atoms with van der Waals surface area (Å²) in [5.74, 6) is 0.586. The molecule has 0 saturated carbocycles. The first-order valence-electron chi connectivity index (χ1n) is 5.33. The number of rotatable bonds is 5. The summed E-state index contributed by atoms with van der Waals surface area (Å²) in [7, 11) is 1.58. The van der Waals surface area contributed by atoms with Gasteiger partial charge in [0.25, 0.3) is 0 Å². The zero-order valence-electron chi connectivity index (χ0n) is 9.54. The van der Waals surface area contributed by atoms with E-state index in [9.17, 15) is 5.11 Å². The summed E-state index contributed by atoms with van der Waals surface area (Å²) in [4.78, 5) is 8.25. The first-order valence-corrected chi connectivity index (χ1v) is 6.21. The van der Waals surface area contributed by atoms with Crippen LogP contribution in [0.25, 0.3) is 0 Å². The number of aliphatic hydroxyl groups excluding tert-OH is 1. The average Bonchev–Trinajstić information content (AvgIpc) is 2.82. The molecule has 2 rings (SSSR count). The van der Waals surface area contributed by atoms with Gasteiger partial charge in [0.05, 0.1) is 18.2 Å². The van der Waals surface area contributed by atoms with Crippen LogP contribution in [0.5, 0.6) is 5.88 Å². The van der Waals surface area contributed by atoms with Gasteiger partial charge in [-0.05, 0) is 5.56 Å². The van der Waals surface area contributed by atoms with Gasteiger partial charge in [-0.3, -0.25) is 0 Å². The molecule has 0 aliphatic heterocycles.